The molecule has 2 heterocycles. The molecule has 3 fully saturated rings. The molecule has 1 spiro atoms. The summed E-state index contributed by atoms with van der Waals surface area (Å²) in [6, 6.07) is 0. The summed E-state index contributed by atoms with van der Waals surface area (Å²) in [6.45, 7) is 13.2. The molecule has 8 nitrogen and oxygen atoms in total. The molecule has 0 radical (unpaired) electrons. The zero-order valence-electron chi connectivity index (χ0n) is 26.8. The highest BCUT2D eigenvalue weighted by molar-refractivity contribution is 6.25. The summed E-state index contributed by atoms with van der Waals surface area (Å²) in [6.07, 6.45) is 18.0. The van der Waals surface area contributed by atoms with Gasteiger partial charge < -0.3 is 35.4 Å². The van der Waals surface area contributed by atoms with E-state index < -0.39 is 6.10 Å². The first-order valence-corrected chi connectivity index (χ1v) is 16.9. The molecule has 0 bridgehead atoms. The van der Waals surface area contributed by atoms with Gasteiger partial charge in [0, 0.05) is 50.4 Å². The van der Waals surface area contributed by atoms with Gasteiger partial charge in [-0.3, -0.25) is 4.79 Å². The Morgan fingerprint density at radius 2 is 1.89 bits per heavy atom. The first kappa shape index (κ1) is 36.9. The predicted octanol–water partition coefficient (Wildman–Crippen LogP) is 5.49. The van der Waals surface area contributed by atoms with E-state index in [2.05, 4.69) is 28.7 Å². The number of carbonyl (C=O) groups excluding carboxylic acids is 1. The van der Waals surface area contributed by atoms with Gasteiger partial charge in [-0.25, -0.2) is 4.39 Å². The van der Waals surface area contributed by atoms with Crippen LogP contribution in [0, 0.1) is 17.3 Å². The van der Waals surface area contributed by atoms with E-state index in [4.69, 9.17) is 21.4 Å². The standard InChI is InChI=1S/C35H54ClFN4O4/c1-3-7-33(39-16-14-36)40-17-12-35(13-18-40)21-30(22-35)8-6-19-45-28(2)10-11-29(23-37)20-34(44)41-25-31(26-41)24-38-15-5-4-9-32(43)27-42/h3,7,10-11,14,16,23,30-32,38-39,42-43H,1-2,4-6,8-9,12-13,15,17-22,24-27H2/b11-10-,16-14+,29-23-,33-7+/t32-/m0/s1. The topological polar surface area (TPSA) is 97.3 Å². The van der Waals surface area contributed by atoms with Crippen LogP contribution < -0.4 is 10.6 Å². The Morgan fingerprint density at radius 1 is 1.13 bits per heavy atom. The molecular weight excluding hydrogens is 595 g/mol. The van der Waals surface area contributed by atoms with E-state index in [1.165, 1.54) is 31.2 Å². The molecule has 4 N–H and O–H groups in total. The molecule has 3 aliphatic rings. The van der Waals surface area contributed by atoms with E-state index in [1.54, 1.807) is 29.3 Å². The average molecular weight is 649 g/mol. The van der Waals surface area contributed by atoms with Gasteiger partial charge in [0.2, 0.25) is 5.91 Å². The number of nitrogens with zero attached hydrogens (tertiary/aromatic N) is 2. The number of carbonyl (C=O) groups is 1. The summed E-state index contributed by atoms with van der Waals surface area (Å²) in [7, 11) is 0. The Morgan fingerprint density at radius 3 is 2.56 bits per heavy atom. The van der Waals surface area contributed by atoms with Gasteiger partial charge in [0.05, 0.1) is 32.1 Å². The quantitative estimate of drug-likeness (QED) is 0.0743. The molecule has 1 amide bonds. The lowest BCUT2D eigenvalue weighted by atomic mass is 9.56. The maximum absolute atomic E-state index is 13.5. The van der Waals surface area contributed by atoms with Crippen molar-refractivity contribution in [3.05, 3.63) is 72.7 Å². The molecular formula is C35H54ClFN4O4. The highest BCUT2D eigenvalue weighted by Gasteiger charge is 2.45. The van der Waals surface area contributed by atoms with Crippen LogP contribution in [0.3, 0.4) is 0 Å². The second kappa shape index (κ2) is 19.8. The molecule has 1 saturated carbocycles. The molecule has 1 aliphatic carbocycles. The number of amides is 1. The Hall–Kier alpha value is -2.59. The summed E-state index contributed by atoms with van der Waals surface area (Å²) in [5, 5.41) is 24.8. The van der Waals surface area contributed by atoms with Crippen molar-refractivity contribution in [1.82, 2.24) is 20.4 Å². The Bertz CT molecular complexity index is 1060. The number of unbranched alkanes of at least 4 members (excludes halogenated alkanes) is 1. The zero-order chi connectivity index (χ0) is 32.5. The van der Waals surface area contributed by atoms with Crippen LogP contribution in [0.15, 0.2) is 72.7 Å². The lowest BCUT2D eigenvalue weighted by Crippen LogP contribution is -2.53. The number of aliphatic hydroxyl groups excluding tert-OH is 2. The zero-order valence-corrected chi connectivity index (χ0v) is 27.5. The number of allylic oxidation sites excluding steroid dienone is 4. The van der Waals surface area contributed by atoms with Crippen molar-refractivity contribution in [2.24, 2.45) is 17.3 Å². The molecule has 0 aromatic rings. The summed E-state index contributed by atoms with van der Waals surface area (Å²) in [4.78, 5) is 16.7. The molecule has 252 valence electrons. The third-order valence-corrected chi connectivity index (χ3v) is 9.42. The maximum Gasteiger partial charge on any atom is 0.227 e. The summed E-state index contributed by atoms with van der Waals surface area (Å²) < 4.78 is 19.3. The normalized spacial score (nSPS) is 20.0. The third-order valence-electron chi connectivity index (χ3n) is 9.30. The van der Waals surface area contributed by atoms with Crippen LogP contribution in [0.4, 0.5) is 4.39 Å². The minimum Gasteiger partial charge on any atom is -0.494 e. The number of hydrogen-bond donors (Lipinski definition) is 4. The van der Waals surface area contributed by atoms with Gasteiger partial charge in [-0.05, 0) is 93.4 Å². The van der Waals surface area contributed by atoms with Crippen molar-refractivity contribution in [2.45, 2.75) is 70.3 Å². The van der Waals surface area contributed by atoms with Gasteiger partial charge in [-0.2, -0.15) is 0 Å². The number of aliphatic hydroxyl groups is 2. The second-order valence-electron chi connectivity index (χ2n) is 12.8. The summed E-state index contributed by atoms with van der Waals surface area (Å²) in [5.41, 5.74) is 2.25. The van der Waals surface area contributed by atoms with Crippen LogP contribution in [-0.4, -0.2) is 84.5 Å². The van der Waals surface area contributed by atoms with Gasteiger partial charge >= 0.3 is 0 Å². The van der Waals surface area contributed by atoms with Crippen molar-refractivity contribution in [3.8, 4) is 0 Å². The van der Waals surface area contributed by atoms with Crippen LogP contribution in [0.1, 0.15) is 64.2 Å². The highest BCUT2D eigenvalue weighted by Crippen LogP contribution is 2.54. The van der Waals surface area contributed by atoms with Gasteiger partial charge in [-0.15, -0.1) is 0 Å². The van der Waals surface area contributed by atoms with Crippen molar-refractivity contribution in [2.75, 3.05) is 52.5 Å². The van der Waals surface area contributed by atoms with E-state index in [9.17, 15) is 14.3 Å². The minimum atomic E-state index is -0.630. The lowest BCUT2D eigenvalue weighted by molar-refractivity contribution is -0.136. The Kier molecular flexibility index (Phi) is 16.2. The highest BCUT2D eigenvalue weighted by atomic mass is 35.5. The molecule has 3 rings (SSSR count). The van der Waals surface area contributed by atoms with Gasteiger partial charge in [0.15, 0.2) is 0 Å². The number of ether oxygens (including phenoxy) is 1. The first-order valence-electron chi connectivity index (χ1n) is 16.5. The van der Waals surface area contributed by atoms with Crippen molar-refractivity contribution >= 4 is 17.5 Å². The maximum atomic E-state index is 13.5. The predicted molar refractivity (Wildman–Crippen MR) is 180 cm³/mol. The average Bonchev–Trinajstić information content (AvgIpc) is 3.01. The van der Waals surface area contributed by atoms with Crippen LogP contribution in [-0.2, 0) is 9.53 Å². The van der Waals surface area contributed by atoms with Crippen LogP contribution in [0.5, 0.6) is 0 Å². The number of rotatable bonds is 21. The Balaban J connectivity index is 1.22. The summed E-state index contributed by atoms with van der Waals surface area (Å²) >= 11 is 5.67. The third kappa shape index (κ3) is 12.6. The smallest absolute Gasteiger partial charge is 0.227 e. The molecule has 45 heavy (non-hydrogen) atoms. The largest absolute Gasteiger partial charge is 0.494 e. The van der Waals surface area contributed by atoms with E-state index in [-0.39, 0.29) is 18.9 Å². The monoisotopic (exact) mass is 648 g/mol. The van der Waals surface area contributed by atoms with E-state index in [0.717, 1.165) is 63.6 Å². The fraction of sp³-hybridized carbons (Fsp3) is 0.629. The number of piperidine rings is 1. The van der Waals surface area contributed by atoms with E-state index in [0.29, 0.717) is 55.1 Å². The molecule has 0 aromatic heterocycles. The SMILES string of the molecule is C=C/C=C(\N/C=C/Cl)N1CCC2(CC1)CC(CCCOC(=C)/C=C\C(=C\F)CC(=O)N1CC(CNCCCC[C@H](O)CO)C1)C2. The van der Waals surface area contributed by atoms with Crippen LogP contribution in [0.25, 0.3) is 0 Å². The molecule has 1 atom stereocenters. The molecule has 0 aromatic carbocycles. The summed E-state index contributed by atoms with van der Waals surface area (Å²) in [5.74, 6) is 2.57. The Labute approximate surface area is 274 Å². The molecule has 0 unspecified atom stereocenters. The van der Waals surface area contributed by atoms with Crippen LogP contribution >= 0.6 is 11.6 Å². The minimum absolute atomic E-state index is 0.0155. The fourth-order valence-corrected chi connectivity index (χ4v) is 6.71. The van der Waals surface area contributed by atoms with Gasteiger partial charge in [0.25, 0.3) is 0 Å². The van der Waals surface area contributed by atoms with Crippen molar-refractivity contribution < 1.29 is 24.1 Å². The van der Waals surface area contributed by atoms with Gasteiger partial charge in [0.1, 0.15) is 11.6 Å². The van der Waals surface area contributed by atoms with Crippen molar-refractivity contribution in [3.63, 3.8) is 0 Å². The number of nitrogens with one attached hydrogen (secondary N) is 2. The van der Waals surface area contributed by atoms with Gasteiger partial charge in [-0.1, -0.05) is 36.9 Å². The second-order valence-corrected chi connectivity index (χ2v) is 13.1. The first-order chi connectivity index (χ1) is 21.8. The number of hydrogen-bond acceptors (Lipinski definition) is 7. The van der Waals surface area contributed by atoms with E-state index >= 15 is 0 Å². The molecule has 2 aliphatic heterocycles. The van der Waals surface area contributed by atoms with E-state index in [1.807, 2.05) is 6.08 Å². The van der Waals surface area contributed by atoms with Crippen molar-refractivity contribution in [1.29, 1.82) is 0 Å². The lowest BCUT2D eigenvalue weighted by Gasteiger charge is -2.53. The number of halogens is 2. The molecule has 10 heteroatoms. The molecule has 2 saturated heterocycles. The number of likely N-dealkylation sites (tertiary alicyclic amines) is 2. The fourth-order valence-electron chi connectivity index (χ4n) is 6.65. The van der Waals surface area contributed by atoms with Crippen LogP contribution in [0.2, 0.25) is 0 Å².